The van der Waals surface area contributed by atoms with Crippen LogP contribution in [0, 0.1) is 0 Å². The molecule has 0 saturated carbocycles. The molecule has 26 heavy (non-hydrogen) atoms. The van der Waals surface area contributed by atoms with E-state index in [1.54, 1.807) is 18.2 Å². The number of nitrogens with zero attached hydrogens (tertiary/aromatic N) is 1. The number of carbonyl (C=O) groups is 2. The van der Waals surface area contributed by atoms with Crippen molar-refractivity contribution in [3.05, 3.63) is 83.0 Å². The highest BCUT2D eigenvalue weighted by Crippen LogP contribution is 2.25. The van der Waals surface area contributed by atoms with Crippen LogP contribution >= 0.6 is 11.6 Å². The molecule has 0 unspecified atom stereocenters. The number of para-hydroxylation sites is 1. The Morgan fingerprint density at radius 3 is 2.62 bits per heavy atom. The summed E-state index contributed by atoms with van der Waals surface area (Å²) >= 11 is 6.15. The largest absolute Gasteiger partial charge is 0.488 e. The molecule has 0 aromatic heterocycles. The third kappa shape index (κ3) is 3.78. The molecule has 1 aliphatic heterocycles. The predicted molar refractivity (Wildman–Crippen MR) is 101 cm³/mol. The minimum atomic E-state index is -0.462. The second kappa shape index (κ2) is 7.89. The number of rotatable bonds is 6. The summed E-state index contributed by atoms with van der Waals surface area (Å²) in [5, 5.41) is 3.20. The van der Waals surface area contributed by atoms with Gasteiger partial charge in [0.05, 0.1) is 0 Å². The second-order valence-corrected chi connectivity index (χ2v) is 6.02. The molecule has 2 aromatic rings. The molecule has 6 heteroatoms. The molecule has 3 rings (SSSR count). The first-order chi connectivity index (χ1) is 12.6. The van der Waals surface area contributed by atoms with Crippen molar-refractivity contribution in [1.29, 1.82) is 0 Å². The molecule has 1 fully saturated rings. The summed E-state index contributed by atoms with van der Waals surface area (Å²) < 4.78 is 5.87. The summed E-state index contributed by atoms with van der Waals surface area (Å²) in [6.45, 7) is 4.01. The first-order valence-electron chi connectivity index (χ1n) is 8.01. The molecule has 1 saturated heterocycles. The molecule has 5 nitrogen and oxygen atoms in total. The number of nitrogens with one attached hydrogen (secondary N) is 1. The Morgan fingerprint density at radius 2 is 1.85 bits per heavy atom. The molecule has 0 bridgehead atoms. The number of urea groups is 1. The van der Waals surface area contributed by atoms with Gasteiger partial charge in [-0.15, -0.1) is 6.58 Å². The molecular weight excluding hydrogens is 352 g/mol. The summed E-state index contributed by atoms with van der Waals surface area (Å²) in [7, 11) is 0. The van der Waals surface area contributed by atoms with Gasteiger partial charge in [0.15, 0.2) is 0 Å². The van der Waals surface area contributed by atoms with Crippen LogP contribution in [0.4, 0.5) is 4.79 Å². The van der Waals surface area contributed by atoms with E-state index in [0.29, 0.717) is 22.9 Å². The van der Waals surface area contributed by atoms with Crippen LogP contribution in [0.3, 0.4) is 0 Å². The average molecular weight is 369 g/mol. The fraction of sp³-hybridized carbons (Fsp3) is 0.100. The minimum absolute atomic E-state index is 0.159. The third-order valence-corrected chi connectivity index (χ3v) is 4.20. The highest BCUT2D eigenvalue weighted by atomic mass is 35.5. The Kier molecular flexibility index (Phi) is 5.39. The number of hydrogen-bond acceptors (Lipinski definition) is 3. The Bertz CT molecular complexity index is 892. The smallest absolute Gasteiger partial charge is 0.329 e. The van der Waals surface area contributed by atoms with Gasteiger partial charge in [0.25, 0.3) is 5.91 Å². The van der Waals surface area contributed by atoms with Crippen LogP contribution in [-0.4, -0.2) is 23.4 Å². The third-order valence-electron chi connectivity index (χ3n) is 3.83. The molecule has 0 atom stereocenters. The SMILES string of the molecule is C=CCN1C(=O)N/C(=C/c2ccccc2OCc2ccccc2Cl)C1=O. The number of amides is 3. The van der Waals surface area contributed by atoms with Crippen molar-refractivity contribution in [3.8, 4) is 5.75 Å². The second-order valence-electron chi connectivity index (χ2n) is 5.61. The molecule has 0 radical (unpaired) electrons. The predicted octanol–water partition coefficient (Wildman–Crippen LogP) is 4.00. The highest BCUT2D eigenvalue weighted by Gasteiger charge is 2.32. The molecule has 3 amide bonds. The fourth-order valence-corrected chi connectivity index (χ4v) is 2.71. The first kappa shape index (κ1) is 17.8. The maximum Gasteiger partial charge on any atom is 0.329 e. The molecule has 1 heterocycles. The number of carbonyl (C=O) groups excluding carboxylic acids is 2. The molecule has 2 aromatic carbocycles. The topological polar surface area (TPSA) is 58.6 Å². The highest BCUT2D eigenvalue weighted by molar-refractivity contribution is 6.31. The van der Waals surface area contributed by atoms with Crippen LogP contribution in [0.5, 0.6) is 5.75 Å². The van der Waals surface area contributed by atoms with Crippen LogP contribution in [0.25, 0.3) is 6.08 Å². The zero-order valence-corrected chi connectivity index (χ0v) is 14.7. The van der Waals surface area contributed by atoms with Gasteiger partial charge < -0.3 is 10.1 Å². The lowest BCUT2D eigenvalue weighted by atomic mass is 10.1. The maximum atomic E-state index is 12.3. The lowest BCUT2D eigenvalue weighted by Gasteiger charge is -2.10. The van der Waals surface area contributed by atoms with Crippen LogP contribution in [-0.2, 0) is 11.4 Å². The van der Waals surface area contributed by atoms with Crippen LogP contribution in [0.1, 0.15) is 11.1 Å². The van der Waals surface area contributed by atoms with Crippen molar-refractivity contribution in [2.24, 2.45) is 0 Å². The van der Waals surface area contributed by atoms with Crippen molar-refractivity contribution in [2.75, 3.05) is 6.54 Å². The van der Waals surface area contributed by atoms with E-state index in [4.69, 9.17) is 16.3 Å². The van der Waals surface area contributed by atoms with E-state index in [1.165, 1.54) is 6.08 Å². The first-order valence-corrected chi connectivity index (χ1v) is 8.38. The summed E-state index contributed by atoms with van der Waals surface area (Å²) in [5.41, 5.74) is 1.74. The molecule has 1 aliphatic rings. The van der Waals surface area contributed by atoms with Crippen LogP contribution in [0.15, 0.2) is 66.9 Å². The quantitative estimate of drug-likeness (QED) is 0.476. The van der Waals surface area contributed by atoms with Crippen molar-refractivity contribution in [2.45, 2.75) is 6.61 Å². The van der Waals surface area contributed by atoms with Gasteiger partial charge in [-0.05, 0) is 18.2 Å². The van der Waals surface area contributed by atoms with Crippen LogP contribution in [0.2, 0.25) is 5.02 Å². The Morgan fingerprint density at radius 1 is 1.12 bits per heavy atom. The molecular formula is C20H17ClN2O3. The number of hydrogen-bond donors (Lipinski definition) is 1. The molecule has 0 aliphatic carbocycles. The van der Waals surface area contributed by atoms with Gasteiger partial charge in [-0.1, -0.05) is 54.1 Å². The van der Waals surface area contributed by atoms with E-state index in [-0.39, 0.29) is 12.2 Å². The Hall–Kier alpha value is -3.05. The van der Waals surface area contributed by atoms with Gasteiger partial charge >= 0.3 is 6.03 Å². The lowest BCUT2D eigenvalue weighted by molar-refractivity contribution is -0.122. The van der Waals surface area contributed by atoms with E-state index < -0.39 is 11.9 Å². The van der Waals surface area contributed by atoms with E-state index in [1.807, 2.05) is 36.4 Å². The van der Waals surface area contributed by atoms with Crippen molar-refractivity contribution >= 4 is 29.6 Å². The Balaban J connectivity index is 1.81. The zero-order chi connectivity index (χ0) is 18.5. The van der Waals surface area contributed by atoms with Crippen molar-refractivity contribution < 1.29 is 14.3 Å². The van der Waals surface area contributed by atoms with E-state index in [9.17, 15) is 9.59 Å². The fourth-order valence-electron chi connectivity index (χ4n) is 2.52. The van der Waals surface area contributed by atoms with Crippen LogP contribution < -0.4 is 10.1 Å². The minimum Gasteiger partial charge on any atom is -0.488 e. The van der Waals surface area contributed by atoms with Gasteiger partial charge in [-0.2, -0.15) is 0 Å². The molecule has 1 N–H and O–H groups in total. The summed E-state index contributed by atoms with van der Waals surface area (Å²) in [6, 6.07) is 14.2. The number of ether oxygens (including phenoxy) is 1. The van der Waals surface area contributed by atoms with E-state index in [2.05, 4.69) is 11.9 Å². The lowest BCUT2D eigenvalue weighted by Crippen LogP contribution is -2.30. The normalized spacial score (nSPS) is 15.3. The number of halogens is 1. The average Bonchev–Trinajstić information content (AvgIpc) is 2.90. The van der Waals surface area contributed by atoms with E-state index in [0.717, 1.165) is 10.5 Å². The summed E-state index contributed by atoms with van der Waals surface area (Å²) in [5.74, 6) is 0.194. The number of imide groups is 1. The van der Waals surface area contributed by atoms with Gasteiger partial charge in [0.1, 0.15) is 18.1 Å². The summed E-state index contributed by atoms with van der Waals surface area (Å²) in [4.78, 5) is 25.3. The van der Waals surface area contributed by atoms with Gasteiger partial charge in [0.2, 0.25) is 0 Å². The Labute approximate surface area is 156 Å². The number of benzene rings is 2. The summed E-state index contributed by atoms with van der Waals surface area (Å²) in [6.07, 6.45) is 3.10. The molecule has 0 spiro atoms. The van der Waals surface area contributed by atoms with Gasteiger partial charge in [0, 0.05) is 22.7 Å². The monoisotopic (exact) mass is 368 g/mol. The van der Waals surface area contributed by atoms with E-state index >= 15 is 0 Å². The molecule has 132 valence electrons. The van der Waals surface area contributed by atoms with Gasteiger partial charge in [-0.25, -0.2) is 4.79 Å². The van der Waals surface area contributed by atoms with Gasteiger partial charge in [-0.3, -0.25) is 9.69 Å². The maximum absolute atomic E-state index is 12.3. The van der Waals surface area contributed by atoms with Crippen molar-refractivity contribution in [3.63, 3.8) is 0 Å². The standard InChI is InChI=1S/C20H17ClN2O3/c1-2-11-23-19(24)17(22-20(23)25)12-14-7-4-6-10-18(14)26-13-15-8-3-5-9-16(15)21/h2-10,12H,1,11,13H2,(H,22,25)/b17-12+. The van der Waals surface area contributed by atoms with Crippen molar-refractivity contribution in [1.82, 2.24) is 10.2 Å². The zero-order valence-electron chi connectivity index (χ0n) is 13.9.